The fourth-order valence-electron chi connectivity index (χ4n) is 5.40. The van der Waals surface area contributed by atoms with Crippen LogP contribution in [0.15, 0.2) is 84.9 Å². The predicted octanol–water partition coefficient (Wildman–Crippen LogP) is 3.91. The topological polar surface area (TPSA) is 112 Å². The number of ether oxygens (including phenoxy) is 4. The Labute approximate surface area is 256 Å². The van der Waals surface area contributed by atoms with Crippen molar-refractivity contribution in [3.63, 3.8) is 0 Å². The maximum atomic E-state index is 13.1. The van der Waals surface area contributed by atoms with Crippen LogP contribution in [-0.2, 0) is 41.9 Å². The standard InChI is InChI=1S/C34H36N2O8/c37-31(35-19-9-15-27(35)33(39)43-21-25-11-3-1-4-12-25)23-41-29-17-7-8-18-30(29)42-24-32(38)36-20-10-16-28(36)34(40)44-22-26-13-5-2-6-14-26/h1-8,11-14,17-18,27-28H,9-10,15-16,19-24H2/t27-,28-/m0/s1. The first-order chi connectivity index (χ1) is 21.5. The number of benzene rings is 3. The number of carbonyl (C=O) groups is 4. The summed E-state index contributed by atoms with van der Waals surface area (Å²) in [6.07, 6.45) is 2.43. The van der Waals surface area contributed by atoms with E-state index < -0.39 is 24.0 Å². The highest BCUT2D eigenvalue weighted by Crippen LogP contribution is 2.28. The van der Waals surface area contributed by atoms with Gasteiger partial charge < -0.3 is 28.7 Å². The number of hydrogen-bond donors (Lipinski definition) is 0. The number of nitrogens with zero attached hydrogens (tertiary/aromatic N) is 2. The predicted molar refractivity (Wildman–Crippen MR) is 159 cm³/mol. The largest absolute Gasteiger partial charge is 0.480 e. The summed E-state index contributed by atoms with van der Waals surface area (Å²) in [6, 6.07) is 24.2. The lowest BCUT2D eigenvalue weighted by Crippen LogP contribution is -2.43. The highest BCUT2D eigenvalue weighted by Gasteiger charge is 2.36. The van der Waals surface area contributed by atoms with Crippen LogP contribution in [0.1, 0.15) is 36.8 Å². The van der Waals surface area contributed by atoms with Gasteiger partial charge in [-0.1, -0.05) is 72.8 Å². The van der Waals surface area contributed by atoms with Gasteiger partial charge in [-0.2, -0.15) is 0 Å². The molecular weight excluding hydrogens is 564 g/mol. The molecule has 2 heterocycles. The molecular formula is C34H36N2O8. The molecule has 2 saturated heterocycles. The van der Waals surface area contributed by atoms with Crippen LogP contribution in [0.4, 0.5) is 0 Å². The maximum Gasteiger partial charge on any atom is 0.329 e. The fourth-order valence-corrected chi connectivity index (χ4v) is 5.40. The smallest absolute Gasteiger partial charge is 0.329 e. The van der Waals surface area contributed by atoms with Gasteiger partial charge >= 0.3 is 11.9 Å². The number of para-hydroxylation sites is 2. The Hall–Kier alpha value is -4.86. The number of rotatable bonds is 12. The highest BCUT2D eigenvalue weighted by molar-refractivity contribution is 5.87. The van der Waals surface area contributed by atoms with Crippen molar-refractivity contribution in [2.24, 2.45) is 0 Å². The van der Waals surface area contributed by atoms with Crippen molar-refractivity contribution >= 4 is 23.8 Å². The molecule has 230 valence electrons. The SMILES string of the molecule is O=C(OCc1ccccc1)[C@@H]1CCCN1C(=O)COc1ccccc1OCC(=O)N1CCC[C@H]1C(=O)OCc1ccccc1. The van der Waals surface area contributed by atoms with Gasteiger partial charge in [-0.25, -0.2) is 9.59 Å². The van der Waals surface area contributed by atoms with E-state index in [1.807, 2.05) is 60.7 Å². The molecule has 0 unspecified atom stereocenters. The minimum Gasteiger partial charge on any atom is -0.480 e. The Kier molecular flexibility index (Phi) is 10.5. The van der Waals surface area contributed by atoms with E-state index in [1.165, 1.54) is 9.80 Å². The molecule has 0 aromatic heterocycles. The first kappa shape index (κ1) is 30.6. The summed E-state index contributed by atoms with van der Waals surface area (Å²) in [5.41, 5.74) is 1.75. The quantitative estimate of drug-likeness (QED) is 0.288. The van der Waals surface area contributed by atoms with Crippen molar-refractivity contribution in [3.05, 3.63) is 96.1 Å². The van der Waals surface area contributed by atoms with E-state index in [4.69, 9.17) is 18.9 Å². The van der Waals surface area contributed by atoms with Gasteiger partial charge in [0.2, 0.25) is 0 Å². The van der Waals surface area contributed by atoms with Crippen LogP contribution in [0.2, 0.25) is 0 Å². The summed E-state index contributed by atoms with van der Waals surface area (Å²) in [4.78, 5) is 54.6. The zero-order valence-corrected chi connectivity index (χ0v) is 24.5. The fraction of sp³-hybridized carbons (Fsp3) is 0.353. The van der Waals surface area contributed by atoms with Crippen LogP contribution in [-0.4, -0.2) is 71.9 Å². The van der Waals surface area contributed by atoms with Crippen LogP contribution < -0.4 is 9.47 Å². The second kappa shape index (κ2) is 15.0. The van der Waals surface area contributed by atoms with Crippen molar-refractivity contribution in [1.82, 2.24) is 9.80 Å². The minimum absolute atomic E-state index is 0.144. The first-order valence-electron chi connectivity index (χ1n) is 14.8. The molecule has 0 N–H and O–H groups in total. The zero-order valence-electron chi connectivity index (χ0n) is 24.5. The van der Waals surface area contributed by atoms with Gasteiger partial charge in [-0.15, -0.1) is 0 Å². The molecule has 2 fully saturated rings. The molecule has 3 aromatic rings. The lowest BCUT2D eigenvalue weighted by molar-refractivity contribution is -0.155. The summed E-state index contributed by atoms with van der Waals surface area (Å²) < 4.78 is 22.5. The van der Waals surface area contributed by atoms with Crippen molar-refractivity contribution in [3.8, 4) is 11.5 Å². The van der Waals surface area contributed by atoms with Crippen LogP contribution in [0.5, 0.6) is 11.5 Å². The average molecular weight is 601 g/mol. The van der Waals surface area contributed by atoms with Crippen molar-refractivity contribution < 1.29 is 38.1 Å². The molecule has 0 radical (unpaired) electrons. The van der Waals surface area contributed by atoms with E-state index in [-0.39, 0.29) is 49.7 Å². The molecule has 44 heavy (non-hydrogen) atoms. The Morgan fingerprint density at radius 2 is 0.955 bits per heavy atom. The van der Waals surface area contributed by atoms with Crippen LogP contribution in [0.3, 0.4) is 0 Å². The second-order valence-electron chi connectivity index (χ2n) is 10.7. The first-order valence-corrected chi connectivity index (χ1v) is 14.8. The van der Waals surface area contributed by atoms with Gasteiger partial charge in [-0.3, -0.25) is 9.59 Å². The van der Waals surface area contributed by atoms with Crippen LogP contribution >= 0.6 is 0 Å². The van der Waals surface area contributed by atoms with E-state index >= 15 is 0 Å². The monoisotopic (exact) mass is 600 g/mol. The highest BCUT2D eigenvalue weighted by atomic mass is 16.5. The Bertz CT molecular complexity index is 1320. The molecule has 10 heteroatoms. The maximum absolute atomic E-state index is 13.1. The minimum atomic E-state index is -0.660. The lowest BCUT2D eigenvalue weighted by atomic mass is 10.2. The molecule has 3 aromatic carbocycles. The van der Waals surface area contributed by atoms with Gasteiger partial charge in [-0.05, 0) is 48.9 Å². The van der Waals surface area contributed by atoms with Crippen LogP contribution in [0.25, 0.3) is 0 Å². The van der Waals surface area contributed by atoms with E-state index in [2.05, 4.69) is 0 Å². The molecule has 0 spiro atoms. The Morgan fingerprint density at radius 1 is 0.568 bits per heavy atom. The number of esters is 2. The van der Waals surface area contributed by atoms with E-state index in [1.54, 1.807) is 24.3 Å². The van der Waals surface area contributed by atoms with E-state index in [9.17, 15) is 19.2 Å². The normalized spacial score (nSPS) is 17.6. The Balaban J connectivity index is 1.11. The third-order valence-corrected chi connectivity index (χ3v) is 7.69. The molecule has 0 saturated carbocycles. The molecule has 0 aliphatic carbocycles. The molecule has 0 bridgehead atoms. The third-order valence-electron chi connectivity index (χ3n) is 7.69. The number of hydrogen-bond acceptors (Lipinski definition) is 8. The lowest BCUT2D eigenvalue weighted by Gasteiger charge is -2.24. The van der Waals surface area contributed by atoms with Crippen molar-refractivity contribution in [2.45, 2.75) is 51.0 Å². The van der Waals surface area contributed by atoms with Crippen LogP contribution in [0, 0.1) is 0 Å². The number of likely N-dealkylation sites (tertiary alicyclic amines) is 2. The summed E-state index contributed by atoms with van der Waals surface area (Å²) in [5, 5.41) is 0. The zero-order chi connectivity index (χ0) is 30.7. The summed E-state index contributed by atoms with van der Waals surface area (Å²) >= 11 is 0. The molecule has 2 amide bonds. The molecule has 2 aliphatic rings. The molecule has 5 rings (SSSR count). The molecule has 10 nitrogen and oxygen atoms in total. The van der Waals surface area contributed by atoms with Gasteiger partial charge in [0.05, 0.1) is 0 Å². The van der Waals surface area contributed by atoms with Crippen molar-refractivity contribution in [1.29, 1.82) is 0 Å². The van der Waals surface area contributed by atoms with E-state index in [0.29, 0.717) is 38.8 Å². The molecule has 2 atom stereocenters. The van der Waals surface area contributed by atoms with E-state index in [0.717, 1.165) is 11.1 Å². The number of amides is 2. The van der Waals surface area contributed by atoms with Gasteiger partial charge in [0.1, 0.15) is 25.3 Å². The molecule has 2 aliphatic heterocycles. The van der Waals surface area contributed by atoms with Gasteiger partial charge in [0, 0.05) is 13.1 Å². The average Bonchev–Trinajstić information content (AvgIpc) is 3.76. The van der Waals surface area contributed by atoms with Gasteiger partial charge in [0.15, 0.2) is 24.7 Å². The van der Waals surface area contributed by atoms with Crippen molar-refractivity contribution in [2.75, 3.05) is 26.3 Å². The summed E-state index contributed by atoms with van der Waals surface area (Å²) in [6.45, 7) is 0.544. The van der Waals surface area contributed by atoms with Gasteiger partial charge in [0.25, 0.3) is 11.8 Å². The second-order valence-corrected chi connectivity index (χ2v) is 10.7. The summed E-state index contributed by atoms with van der Waals surface area (Å²) in [7, 11) is 0. The summed E-state index contributed by atoms with van der Waals surface area (Å²) in [5.74, 6) is -0.988. The Morgan fingerprint density at radius 3 is 1.36 bits per heavy atom. The number of carbonyl (C=O) groups excluding carboxylic acids is 4. The third kappa shape index (κ3) is 7.94.